The van der Waals surface area contributed by atoms with Gasteiger partial charge in [0.1, 0.15) is 0 Å². The number of nitriles is 1. The zero-order chi connectivity index (χ0) is 15.6. The molecule has 8 heteroatoms. The van der Waals surface area contributed by atoms with Crippen molar-refractivity contribution in [2.75, 3.05) is 0 Å². The molecule has 0 saturated heterocycles. The molecule has 106 valence electrons. The van der Waals surface area contributed by atoms with Crippen molar-refractivity contribution in [2.24, 2.45) is 0 Å². The molecule has 0 aliphatic heterocycles. The van der Waals surface area contributed by atoms with Crippen LogP contribution < -0.4 is 11.2 Å². The molecule has 21 heavy (non-hydrogen) atoms. The first kappa shape index (κ1) is 14.2. The number of hydrogen-bond acceptors (Lipinski definition) is 5. The van der Waals surface area contributed by atoms with Crippen molar-refractivity contribution in [3.63, 3.8) is 0 Å². The lowest BCUT2D eigenvalue weighted by atomic mass is 10.1. The van der Waals surface area contributed by atoms with Crippen LogP contribution in [0, 0.1) is 28.4 Å². The van der Waals surface area contributed by atoms with Crippen LogP contribution in [0.4, 0.5) is 5.69 Å². The Morgan fingerprint density at radius 3 is 2.71 bits per heavy atom. The van der Waals surface area contributed by atoms with Crippen molar-refractivity contribution in [3.8, 4) is 6.07 Å². The maximum absolute atomic E-state index is 11.7. The van der Waals surface area contributed by atoms with Gasteiger partial charge in [-0.1, -0.05) is 6.07 Å². The monoisotopic (exact) mass is 286 g/mol. The Morgan fingerprint density at radius 2 is 2.14 bits per heavy atom. The van der Waals surface area contributed by atoms with Gasteiger partial charge in [0.05, 0.1) is 29.3 Å². The first-order valence-electron chi connectivity index (χ1n) is 5.90. The van der Waals surface area contributed by atoms with Crippen molar-refractivity contribution in [3.05, 3.63) is 72.0 Å². The van der Waals surface area contributed by atoms with Crippen LogP contribution in [0.5, 0.6) is 0 Å². The van der Waals surface area contributed by atoms with Crippen molar-refractivity contribution in [1.29, 1.82) is 5.26 Å². The molecule has 0 atom stereocenters. The fraction of sp³-hybridized carbons (Fsp3) is 0.154. The van der Waals surface area contributed by atoms with E-state index < -0.39 is 21.9 Å². The summed E-state index contributed by atoms with van der Waals surface area (Å²) in [4.78, 5) is 34.8. The van der Waals surface area contributed by atoms with Crippen LogP contribution >= 0.6 is 0 Å². The molecule has 0 fully saturated rings. The van der Waals surface area contributed by atoms with E-state index in [9.17, 15) is 19.7 Å². The van der Waals surface area contributed by atoms with E-state index in [1.54, 1.807) is 25.1 Å². The second kappa shape index (κ2) is 5.42. The Bertz CT molecular complexity index is 873. The van der Waals surface area contributed by atoms with E-state index in [4.69, 9.17) is 5.26 Å². The largest absolute Gasteiger partial charge is 0.350 e. The highest BCUT2D eigenvalue weighted by Crippen LogP contribution is 2.12. The smallest absolute Gasteiger partial charge is 0.289 e. The van der Waals surface area contributed by atoms with Gasteiger partial charge in [-0.2, -0.15) is 5.26 Å². The SMILES string of the molecule is Cc1cc(C#N)ccc1Cn1cc([N+](=O)[O-])c(=O)[nH]c1=O. The fourth-order valence-electron chi connectivity index (χ4n) is 1.87. The minimum atomic E-state index is -1.03. The molecular weight excluding hydrogens is 276 g/mol. The molecular formula is C13H10N4O4. The lowest BCUT2D eigenvalue weighted by Gasteiger charge is -2.08. The Hall–Kier alpha value is -3.21. The summed E-state index contributed by atoms with van der Waals surface area (Å²) in [5, 5.41) is 19.5. The van der Waals surface area contributed by atoms with E-state index in [1.165, 1.54) is 0 Å². The van der Waals surface area contributed by atoms with Crippen molar-refractivity contribution in [1.82, 2.24) is 9.55 Å². The Morgan fingerprint density at radius 1 is 1.43 bits per heavy atom. The number of benzene rings is 1. The Labute approximate surface area is 118 Å². The minimum Gasteiger partial charge on any atom is -0.289 e. The highest BCUT2D eigenvalue weighted by atomic mass is 16.6. The van der Waals surface area contributed by atoms with E-state index in [-0.39, 0.29) is 6.54 Å². The fourth-order valence-corrected chi connectivity index (χ4v) is 1.87. The number of aromatic nitrogens is 2. The number of rotatable bonds is 3. The van der Waals surface area contributed by atoms with Crippen LogP contribution in [0.25, 0.3) is 0 Å². The average molecular weight is 286 g/mol. The summed E-state index contributed by atoms with van der Waals surface area (Å²) < 4.78 is 1.05. The summed E-state index contributed by atoms with van der Waals surface area (Å²) in [6.07, 6.45) is 0.915. The lowest BCUT2D eigenvalue weighted by molar-refractivity contribution is -0.386. The molecule has 1 aromatic heterocycles. The van der Waals surface area contributed by atoms with Crippen LogP contribution in [0.1, 0.15) is 16.7 Å². The topological polar surface area (TPSA) is 122 Å². The van der Waals surface area contributed by atoms with Gasteiger partial charge in [0, 0.05) is 0 Å². The molecule has 0 aliphatic carbocycles. The van der Waals surface area contributed by atoms with Crippen LogP contribution in [-0.4, -0.2) is 14.5 Å². The second-order valence-corrected chi connectivity index (χ2v) is 4.41. The zero-order valence-corrected chi connectivity index (χ0v) is 11.0. The van der Waals surface area contributed by atoms with Crippen LogP contribution in [0.2, 0.25) is 0 Å². The predicted octanol–water partition coefficient (Wildman–Crippen LogP) is 0.673. The van der Waals surface area contributed by atoms with Crippen molar-refractivity contribution < 1.29 is 4.92 Å². The molecule has 2 aromatic rings. The van der Waals surface area contributed by atoms with Gasteiger partial charge in [0.15, 0.2) is 0 Å². The van der Waals surface area contributed by atoms with E-state index in [0.29, 0.717) is 5.56 Å². The highest BCUT2D eigenvalue weighted by molar-refractivity contribution is 5.37. The van der Waals surface area contributed by atoms with Gasteiger partial charge in [-0.25, -0.2) is 4.79 Å². The van der Waals surface area contributed by atoms with Crippen molar-refractivity contribution >= 4 is 5.69 Å². The van der Waals surface area contributed by atoms with Gasteiger partial charge in [0.2, 0.25) is 0 Å². The first-order valence-corrected chi connectivity index (χ1v) is 5.90. The molecule has 8 nitrogen and oxygen atoms in total. The number of aromatic amines is 1. The van der Waals surface area contributed by atoms with Crippen LogP contribution in [0.15, 0.2) is 34.0 Å². The normalized spacial score (nSPS) is 10.1. The maximum Gasteiger partial charge on any atom is 0.350 e. The summed E-state index contributed by atoms with van der Waals surface area (Å²) >= 11 is 0. The number of nitrogens with one attached hydrogen (secondary N) is 1. The Kier molecular flexibility index (Phi) is 3.67. The molecule has 2 rings (SSSR count). The summed E-state index contributed by atoms with van der Waals surface area (Å²) in [6.45, 7) is 1.83. The summed E-state index contributed by atoms with van der Waals surface area (Å²) in [6, 6.07) is 6.90. The summed E-state index contributed by atoms with van der Waals surface area (Å²) in [5.41, 5.74) is -0.476. The van der Waals surface area contributed by atoms with E-state index in [0.717, 1.165) is 21.9 Å². The predicted molar refractivity (Wildman–Crippen MR) is 73.0 cm³/mol. The molecule has 0 aliphatic rings. The molecule has 1 aromatic carbocycles. The van der Waals surface area contributed by atoms with Gasteiger partial charge >= 0.3 is 16.9 Å². The van der Waals surface area contributed by atoms with Crippen molar-refractivity contribution in [2.45, 2.75) is 13.5 Å². The summed E-state index contributed by atoms with van der Waals surface area (Å²) in [7, 11) is 0. The maximum atomic E-state index is 11.7. The average Bonchev–Trinajstić information content (AvgIpc) is 2.43. The molecule has 1 N–H and O–H groups in total. The third-order valence-electron chi connectivity index (χ3n) is 3.00. The second-order valence-electron chi connectivity index (χ2n) is 4.41. The molecule has 0 amide bonds. The molecule has 0 spiro atoms. The number of H-pyrrole nitrogens is 1. The number of nitro groups is 1. The summed E-state index contributed by atoms with van der Waals surface area (Å²) in [5.74, 6) is 0. The lowest BCUT2D eigenvalue weighted by Crippen LogP contribution is -2.31. The van der Waals surface area contributed by atoms with Crippen LogP contribution in [0.3, 0.4) is 0 Å². The van der Waals surface area contributed by atoms with E-state index >= 15 is 0 Å². The van der Waals surface area contributed by atoms with E-state index in [2.05, 4.69) is 0 Å². The van der Waals surface area contributed by atoms with Crippen LogP contribution in [-0.2, 0) is 6.54 Å². The van der Waals surface area contributed by atoms with Gasteiger partial charge in [-0.3, -0.25) is 24.5 Å². The van der Waals surface area contributed by atoms with E-state index in [1.807, 2.05) is 11.1 Å². The standard InChI is InChI=1S/C13H10N4O4/c1-8-4-9(5-14)2-3-10(8)6-16-7-11(17(20)21)12(18)15-13(16)19/h2-4,7H,6H2,1H3,(H,15,18,19). The molecule has 0 unspecified atom stereocenters. The number of nitrogens with zero attached hydrogens (tertiary/aromatic N) is 3. The van der Waals surface area contributed by atoms with Gasteiger partial charge < -0.3 is 0 Å². The third kappa shape index (κ3) is 2.87. The molecule has 0 bridgehead atoms. The van der Waals surface area contributed by atoms with Gasteiger partial charge in [-0.15, -0.1) is 0 Å². The highest BCUT2D eigenvalue weighted by Gasteiger charge is 2.15. The van der Waals surface area contributed by atoms with Gasteiger partial charge in [-0.05, 0) is 30.2 Å². The zero-order valence-electron chi connectivity index (χ0n) is 11.0. The Balaban J connectivity index is 2.47. The number of aryl methyl sites for hydroxylation is 1. The third-order valence-corrected chi connectivity index (χ3v) is 3.00. The quantitative estimate of drug-likeness (QED) is 0.656. The minimum absolute atomic E-state index is 0.0635. The molecule has 1 heterocycles. The molecule has 0 saturated carbocycles. The first-order chi connectivity index (χ1) is 9.92. The van der Waals surface area contributed by atoms with Gasteiger partial charge in [0.25, 0.3) is 0 Å². The number of hydrogen-bond donors (Lipinski definition) is 1. The molecule has 0 radical (unpaired) electrons.